The lowest BCUT2D eigenvalue weighted by atomic mass is 10.1. The van der Waals surface area contributed by atoms with E-state index in [2.05, 4.69) is 5.10 Å². The van der Waals surface area contributed by atoms with Crippen molar-refractivity contribution < 1.29 is 23.9 Å². The predicted octanol–water partition coefficient (Wildman–Crippen LogP) is 0.598. The normalized spacial score (nSPS) is 23.2. The van der Waals surface area contributed by atoms with Crippen LogP contribution in [0.15, 0.2) is 22.6 Å². The van der Waals surface area contributed by atoms with Gasteiger partial charge in [-0.15, -0.1) is 5.10 Å². The number of benzene rings is 1. The Balaban J connectivity index is 1.56. The molecular weight excluding hydrogens is 318 g/mol. The van der Waals surface area contributed by atoms with Crippen LogP contribution in [0.4, 0.5) is 0 Å². The Hall–Kier alpha value is -1.90. The standard InChI is InChI=1S/C15H17N3O4S/c19-11-2-1-5-17(7-11)8-18-15(23)22-14(16-18)10-3-4-12-13(6-10)21-9-20-12/h3-4,6,11,19H,1-2,5,7-9H2/p+1/t11-/m1/s1. The van der Waals surface area contributed by atoms with E-state index in [4.69, 9.17) is 26.1 Å². The Morgan fingerprint density at radius 3 is 3.09 bits per heavy atom. The van der Waals surface area contributed by atoms with Crippen LogP contribution >= 0.6 is 12.2 Å². The number of aliphatic hydroxyl groups is 1. The largest absolute Gasteiger partial charge is 0.454 e. The summed E-state index contributed by atoms with van der Waals surface area (Å²) in [5.41, 5.74) is 0.799. The van der Waals surface area contributed by atoms with E-state index in [1.54, 1.807) is 4.68 Å². The number of likely N-dealkylation sites (tertiary alicyclic amines) is 1. The van der Waals surface area contributed by atoms with Gasteiger partial charge in [0.15, 0.2) is 18.2 Å². The van der Waals surface area contributed by atoms with Gasteiger partial charge in [0.05, 0.1) is 6.54 Å². The topological polar surface area (TPSA) is 74.1 Å². The van der Waals surface area contributed by atoms with E-state index < -0.39 is 0 Å². The second-order valence-corrected chi connectivity index (χ2v) is 6.25. The Kier molecular flexibility index (Phi) is 3.80. The highest BCUT2D eigenvalue weighted by Gasteiger charge is 2.23. The second kappa shape index (κ2) is 5.95. The molecule has 0 saturated carbocycles. The summed E-state index contributed by atoms with van der Waals surface area (Å²) in [4.78, 5) is 1.59. The van der Waals surface area contributed by atoms with Crippen molar-refractivity contribution in [2.24, 2.45) is 0 Å². The molecule has 7 nitrogen and oxygen atoms in total. The van der Waals surface area contributed by atoms with Gasteiger partial charge in [-0.2, -0.15) is 4.68 Å². The van der Waals surface area contributed by atoms with Crippen molar-refractivity contribution in [3.05, 3.63) is 23.0 Å². The first kappa shape index (κ1) is 14.7. The predicted molar refractivity (Wildman–Crippen MR) is 82.8 cm³/mol. The number of piperidine rings is 1. The van der Waals surface area contributed by atoms with Crippen LogP contribution in [0.25, 0.3) is 11.5 Å². The Morgan fingerprint density at radius 1 is 1.35 bits per heavy atom. The molecular formula is C15H18N3O4S+. The molecule has 1 fully saturated rings. The summed E-state index contributed by atoms with van der Waals surface area (Å²) < 4.78 is 18.0. The lowest BCUT2D eigenvalue weighted by Gasteiger charge is -2.26. The van der Waals surface area contributed by atoms with E-state index in [-0.39, 0.29) is 12.9 Å². The van der Waals surface area contributed by atoms with Crippen LogP contribution in [0.1, 0.15) is 12.8 Å². The lowest BCUT2D eigenvalue weighted by molar-refractivity contribution is -0.931. The number of hydrogen-bond acceptors (Lipinski definition) is 6. The third-order valence-corrected chi connectivity index (χ3v) is 4.49. The first-order valence-corrected chi connectivity index (χ1v) is 8.09. The summed E-state index contributed by atoms with van der Waals surface area (Å²) in [7, 11) is 0. The Labute approximate surface area is 138 Å². The minimum absolute atomic E-state index is 0.233. The van der Waals surface area contributed by atoms with E-state index in [9.17, 15) is 5.11 Å². The monoisotopic (exact) mass is 336 g/mol. The molecule has 2 aliphatic heterocycles. The molecule has 1 unspecified atom stereocenters. The molecule has 23 heavy (non-hydrogen) atoms. The molecule has 2 aromatic rings. The van der Waals surface area contributed by atoms with Crippen molar-refractivity contribution in [3.8, 4) is 23.0 Å². The molecule has 0 spiro atoms. The maximum absolute atomic E-state index is 9.77. The number of nitrogens with one attached hydrogen (secondary N) is 1. The SMILES string of the molecule is O[C@@H]1CCC[NH+](Cn2nc(-c3ccc4c(c3)OCO4)oc2=S)C1. The molecule has 122 valence electrons. The summed E-state index contributed by atoms with van der Waals surface area (Å²) in [6.07, 6.45) is 1.64. The maximum atomic E-state index is 9.77. The van der Waals surface area contributed by atoms with Crippen LogP contribution in [0.5, 0.6) is 11.5 Å². The molecule has 1 aromatic carbocycles. The number of quaternary nitrogens is 1. The van der Waals surface area contributed by atoms with Crippen LogP contribution in [0.3, 0.4) is 0 Å². The van der Waals surface area contributed by atoms with E-state index in [0.717, 1.165) is 30.7 Å². The van der Waals surface area contributed by atoms with Crippen LogP contribution < -0.4 is 14.4 Å². The average Bonchev–Trinajstić information content (AvgIpc) is 3.14. The first-order valence-electron chi connectivity index (χ1n) is 7.68. The van der Waals surface area contributed by atoms with Gasteiger partial charge in [-0.05, 0) is 43.3 Å². The third kappa shape index (κ3) is 2.97. The van der Waals surface area contributed by atoms with Crippen molar-refractivity contribution in [2.45, 2.75) is 25.6 Å². The molecule has 0 aliphatic carbocycles. The number of aliphatic hydroxyl groups excluding tert-OH is 1. The highest BCUT2D eigenvalue weighted by molar-refractivity contribution is 7.71. The molecule has 1 saturated heterocycles. The van der Waals surface area contributed by atoms with Crippen molar-refractivity contribution in [1.82, 2.24) is 9.78 Å². The van der Waals surface area contributed by atoms with Gasteiger partial charge < -0.3 is 23.9 Å². The molecule has 4 rings (SSSR count). The number of nitrogens with zero attached hydrogens (tertiary/aromatic N) is 2. The number of hydrogen-bond donors (Lipinski definition) is 2. The van der Waals surface area contributed by atoms with Gasteiger partial charge in [0.25, 0.3) is 4.84 Å². The van der Waals surface area contributed by atoms with E-state index in [1.165, 1.54) is 4.90 Å². The first-order chi connectivity index (χ1) is 11.2. The van der Waals surface area contributed by atoms with Gasteiger partial charge in [0.2, 0.25) is 12.7 Å². The van der Waals surface area contributed by atoms with Crippen LogP contribution in [-0.4, -0.2) is 40.9 Å². The quantitative estimate of drug-likeness (QED) is 0.800. The van der Waals surface area contributed by atoms with Gasteiger partial charge in [-0.3, -0.25) is 0 Å². The van der Waals surface area contributed by atoms with Gasteiger partial charge in [-0.25, -0.2) is 0 Å². The Morgan fingerprint density at radius 2 is 2.22 bits per heavy atom. The van der Waals surface area contributed by atoms with Crippen molar-refractivity contribution in [3.63, 3.8) is 0 Å². The van der Waals surface area contributed by atoms with Crippen LogP contribution in [-0.2, 0) is 6.67 Å². The fourth-order valence-corrected chi connectivity index (χ4v) is 3.22. The lowest BCUT2D eigenvalue weighted by Crippen LogP contribution is -3.13. The zero-order valence-corrected chi connectivity index (χ0v) is 13.3. The van der Waals surface area contributed by atoms with Crippen LogP contribution in [0.2, 0.25) is 0 Å². The number of aromatic nitrogens is 2. The maximum Gasteiger partial charge on any atom is 0.292 e. The van der Waals surface area contributed by atoms with Crippen LogP contribution in [0, 0.1) is 4.84 Å². The molecule has 2 N–H and O–H groups in total. The highest BCUT2D eigenvalue weighted by Crippen LogP contribution is 2.35. The zero-order valence-electron chi connectivity index (χ0n) is 12.5. The van der Waals surface area contributed by atoms with Crippen molar-refractivity contribution in [2.75, 3.05) is 19.9 Å². The van der Waals surface area contributed by atoms with E-state index >= 15 is 0 Å². The molecule has 0 radical (unpaired) electrons. The molecule has 1 aromatic heterocycles. The van der Waals surface area contributed by atoms with Crippen molar-refractivity contribution >= 4 is 12.2 Å². The minimum atomic E-state index is -0.242. The molecule has 8 heteroatoms. The molecule has 2 atom stereocenters. The smallest absolute Gasteiger partial charge is 0.292 e. The fourth-order valence-electron chi connectivity index (χ4n) is 3.03. The molecule has 3 heterocycles. The summed E-state index contributed by atoms with van der Waals surface area (Å²) in [6.45, 7) is 2.56. The summed E-state index contributed by atoms with van der Waals surface area (Å²) in [6, 6.07) is 5.54. The van der Waals surface area contributed by atoms with E-state index in [0.29, 0.717) is 29.7 Å². The second-order valence-electron chi connectivity index (χ2n) is 5.90. The minimum Gasteiger partial charge on any atom is -0.454 e. The zero-order chi connectivity index (χ0) is 15.8. The third-order valence-electron chi connectivity index (χ3n) is 4.19. The number of ether oxygens (including phenoxy) is 2. The van der Waals surface area contributed by atoms with E-state index in [1.807, 2.05) is 18.2 Å². The molecule has 2 aliphatic rings. The number of fused-ring (bicyclic) bond motifs is 1. The summed E-state index contributed by atoms with van der Waals surface area (Å²) in [5.74, 6) is 1.87. The van der Waals surface area contributed by atoms with Gasteiger partial charge in [0, 0.05) is 5.56 Å². The molecule has 0 amide bonds. The fraction of sp³-hybridized carbons (Fsp3) is 0.467. The van der Waals surface area contributed by atoms with Gasteiger partial charge >= 0.3 is 0 Å². The number of rotatable bonds is 3. The van der Waals surface area contributed by atoms with Gasteiger partial charge in [-0.1, -0.05) is 0 Å². The highest BCUT2D eigenvalue weighted by atomic mass is 32.1. The summed E-state index contributed by atoms with van der Waals surface area (Å²) >= 11 is 5.27. The summed E-state index contributed by atoms with van der Waals surface area (Å²) in [5, 5.41) is 14.2. The Bertz CT molecular complexity index is 772. The molecule has 0 bridgehead atoms. The average molecular weight is 336 g/mol. The van der Waals surface area contributed by atoms with Crippen molar-refractivity contribution in [1.29, 1.82) is 0 Å². The van der Waals surface area contributed by atoms with Gasteiger partial charge in [0.1, 0.15) is 12.6 Å².